The van der Waals surface area contributed by atoms with Gasteiger partial charge in [0.15, 0.2) is 0 Å². The molecule has 0 radical (unpaired) electrons. The molecular formula is C16H24O. The molecule has 0 amide bonds. The first-order chi connectivity index (χ1) is 8.05. The van der Waals surface area contributed by atoms with Gasteiger partial charge in [-0.3, -0.25) is 0 Å². The van der Waals surface area contributed by atoms with Crippen molar-refractivity contribution in [2.24, 2.45) is 11.3 Å². The van der Waals surface area contributed by atoms with Crippen LogP contribution in [0.2, 0.25) is 0 Å². The second kappa shape index (κ2) is 5.22. The smallest absolute Gasteiger partial charge is 0.0720 e. The summed E-state index contributed by atoms with van der Waals surface area (Å²) < 4.78 is 6.08. The maximum atomic E-state index is 6.08. The monoisotopic (exact) mass is 232 g/mol. The standard InChI is InChI=1S/C16H24O/c1-13-9-15(11-16(2,3)10-13)17-12-14-7-5-4-6-8-14/h4-8,13,15H,9-12H2,1-3H3. The van der Waals surface area contributed by atoms with Crippen LogP contribution in [0.1, 0.15) is 45.6 Å². The molecule has 2 rings (SSSR count). The van der Waals surface area contributed by atoms with Crippen molar-refractivity contribution in [1.82, 2.24) is 0 Å². The maximum absolute atomic E-state index is 6.08. The van der Waals surface area contributed by atoms with Gasteiger partial charge in [0.05, 0.1) is 12.7 Å². The molecule has 0 bridgehead atoms. The van der Waals surface area contributed by atoms with Crippen molar-refractivity contribution < 1.29 is 4.74 Å². The van der Waals surface area contributed by atoms with Crippen LogP contribution in [-0.4, -0.2) is 6.10 Å². The summed E-state index contributed by atoms with van der Waals surface area (Å²) in [4.78, 5) is 0. The van der Waals surface area contributed by atoms with Gasteiger partial charge >= 0.3 is 0 Å². The summed E-state index contributed by atoms with van der Waals surface area (Å²) in [5.41, 5.74) is 1.72. The maximum Gasteiger partial charge on any atom is 0.0720 e. The van der Waals surface area contributed by atoms with E-state index in [2.05, 4.69) is 51.1 Å². The summed E-state index contributed by atoms with van der Waals surface area (Å²) in [5.74, 6) is 0.791. The highest BCUT2D eigenvalue weighted by Gasteiger charge is 2.32. The van der Waals surface area contributed by atoms with Crippen molar-refractivity contribution in [3.05, 3.63) is 35.9 Å². The van der Waals surface area contributed by atoms with Crippen LogP contribution in [0, 0.1) is 11.3 Å². The molecule has 0 spiro atoms. The number of benzene rings is 1. The fourth-order valence-corrected chi connectivity index (χ4v) is 3.17. The fourth-order valence-electron chi connectivity index (χ4n) is 3.17. The lowest BCUT2D eigenvalue weighted by molar-refractivity contribution is -0.0316. The van der Waals surface area contributed by atoms with Gasteiger partial charge in [0.2, 0.25) is 0 Å². The van der Waals surface area contributed by atoms with Gasteiger partial charge in [0.25, 0.3) is 0 Å². The highest BCUT2D eigenvalue weighted by Crippen LogP contribution is 2.39. The van der Waals surface area contributed by atoms with E-state index in [0.717, 1.165) is 12.5 Å². The predicted molar refractivity (Wildman–Crippen MR) is 71.8 cm³/mol. The van der Waals surface area contributed by atoms with Crippen molar-refractivity contribution in [3.8, 4) is 0 Å². The summed E-state index contributed by atoms with van der Waals surface area (Å²) in [6.45, 7) is 7.83. The molecule has 0 aromatic heterocycles. The van der Waals surface area contributed by atoms with Gasteiger partial charge in [-0.2, -0.15) is 0 Å². The minimum Gasteiger partial charge on any atom is -0.374 e. The molecule has 0 saturated heterocycles. The van der Waals surface area contributed by atoms with E-state index in [-0.39, 0.29) is 0 Å². The summed E-state index contributed by atoms with van der Waals surface area (Å²) >= 11 is 0. The molecule has 0 heterocycles. The van der Waals surface area contributed by atoms with E-state index in [0.29, 0.717) is 11.5 Å². The van der Waals surface area contributed by atoms with Crippen LogP contribution in [0.5, 0.6) is 0 Å². The summed E-state index contributed by atoms with van der Waals surface area (Å²) in [5, 5.41) is 0. The molecule has 1 aromatic carbocycles. The Morgan fingerprint density at radius 1 is 1.18 bits per heavy atom. The van der Waals surface area contributed by atoms with E-state index in [1.165, 1.54) is 24.8 Å². The molecule has 94 valence electrons. The third kappa shape index (κ3) is 3.85. The Bertz CT molecular complexity index is 342. The van der Waals surface area contributed by atoms with E-state index in [9.17, 15) is 0 Å². The molecule has 1 fully saturated rings. The minimum atomic E-state index is 0.439. The first-order valence-corrected chi connectivity index (χ1v) is 6.71. The second-order valence-corrected chi connectivity index (χ2v) is 6.33. The Kier molecular flexibility index (Phi) is 3.88. The Labute approximate surface area is 105 Å². The summed E-state index contributed by atoms with van der Waals surface area (Å²) in [6, 6.07) is 10.5. The highest BCUT2D eigenvalue weighted by atomic mass is 16.5. The lowest BCUT2D eigenvalue weighted by atomic mass is 9.71. The average molecular weight is 232 g/mol. The third-order valence-corrected chi connectivity index (χ3v) is 3.68. The lowest BCUT2D eigenvalue weighted by Crippen LogP contribution is -2.32. The van der Waals surface area contributed by atoms with Gasteiger partial charge in [-0.25, -0.2) is 0 Å². The van der Waals surface area contributed by atoms with Gasteiger partial charge in [-0.1, -0.05) is 51.1 Å². The van der Waals surface area contributed by atoms with E-state index in [1.54, 1.807) is 0 Å². The van der Waals surface area contributed by atoms with Crippen LogP contribution in [0.4, 0.5) is 0 Å². The molecule has 1 aromatic rings. The topological polar surface area (TPSA) is 9.23 Å². The van der Waals surface area contributed by atoms with E-state index < -0.39 is 0 Å². The highest BCUT2D eigenvalue weighted by molar-refractivity contribution is 5.13. The van der Waals surface area contributed by atoms with Gasteiger partial charge in [0.1, 0.15) is 0 Å². The van der Waals surface area contributed by atoms with E-state index >= 15 is 0 Å². The van der Waals surface area contributed by atoms with Gasteiger partial charge in [0, 0.05) is 0 Å². The van der Waals surface area contributed by atoms with Crippen molar-refractivity contribution in [3.63, 3.8) is 0 Å². The van der Waals surface area contributed by atoms with Crippen LogP contribution in [0.25, 0.3) is 0 Å². The normalized spacial score (nSPS) is 27.9. The second-order valence-electron chi connectivity index (χ2n) is 6.33. The zero-order valence-electron chi connectivity index (χ0n) is 11.3. The van der Waals surface area contributed by atoms with E-state index in [1.807, 2.05) is 0 Å². The van der Waals surface area contributed by atoms with Crippen molar-refractivity contribution in [2.45, 2.75) is 52.7 Å². The Hall–Kier alpha value is -0.820. The summed E-state index contributed by atoms with van der Waals surface area (Å²) in [7, 11) is 0. The Morgan fingerprint density at radius 2 is 1.88 bits per heavy atom. The molecular weight excluding hydrogens is 208 g/mol. The average Bonchev–Trinajstić information content (AvgIpc) is 2.25. The molecule has 1 aliphatic rings. The quantitative estimate of drug-likeness (QED) is 0.749. The first-order valence-electron chi connectivity index (χ1n) is 6.71. The molecule has 1 heteroatoms. The number of rotatable bonds is 3. The first kappa shape index (κ1) is 12.6. The number of hydrogen-bond acceptors (Lipinski definition) is 1. The summed E-state index contributed by atoms with van der Waals surface area (Å²) in [6.07, 6.45) is 4.19. The SMILES string of the molecule is CC1CC(OCc2ccccc2)CC(C)(C)C1. The zero-order chi connectivity index (χ0) is 12.3. The van der Waals surface area contributed by atoms with Gasteiger partial charge in [-0.15, -0.1) is 0 Å². The Morgan fingerprint density at radius 3 is 2.53 bits per heavy atom. The van der Waals surface area contributed by atoms with Crippen LogP contribution in [-0.2, 0) is 11.3 Å². The molecule has 0 aliphatic heterocycles. The van der Waals surface area contributed by atoms with Crippen molar-refractivity contribution >= 4 is 0 Å². The fraction of sp³-hybridized carbons (Fsp3) is 0.625. The zero-order valence-corrected chi connectivity index (χ0v) is 11.3. The van der Waals surface area contributed by atoms with Crippen LogP contribution >= 0.6 is 0 Å². The predicted octanol–water partition coefficient (Wildman–Crippen LogP) is 4.42. The number of ether oxygens (including phenoxy) is 1. The van der Waals surface area contributed by atoms with Crippen LogP contribution < -0.4 is 0 Å². The Balaban J connectivity index is 1.87. The molecule has 2 unspecified atom stereocenters. The largest absolute Gasteiger partial charge is 0.374 e. The minimum absolute atomic E-state index is 0.439. The third-order valence-electron chi connectivity index (χ3n) is 3.68. The van der Waals surface area contributed by atoms with Gasteiger partial charge < -0.3 is 4.74 Å². The molecule has 1 nitrogen and oxygen atoms in total. The molecule has 0 N–H and O–H groups in total. The van der Waals surface area contributed by atoms with Crippen LogP contribution in [0.15, 0.2) is 30.3 Å². The molecule has 2 atom stereocenters. The van der Waals surface area contributed by atoms with Gasteiger partial charge in [-0.05, 0) is 36.2 Å². The van der Waals surface area contributed by atoms with Crippen LogP contribution in [0.3, 0.4) is 0 Å². The van der Waals surface area contributed by atoms with Crippen molar-refractivity contribution in [2.75, 3.05) is 0 Å². The molecule has 1 aliphatic carbocycles. The lowest BCUT2D eigenvalue weighted by Gasteiger charge is -2.38. The van der Waals surface area contributed by atoms with E-state index in [4.69, 9.17) is 4.74 Å². The molecule has 17 heavy (non-hydrogen) atoms. The number of hydrogen-bond donors (Lipinski definition) is 0. The van der Waals surface area contributed by atoms with Crippen molar-refractivity contribution in [1.29, 1.82) is 0 Å². The molecule has 1 saturated carbocycles.